The second-order valence-corrected chi connectivity index (χ2v) is 6.77. The van der Waals surface area contributed by atoms with Crippen molar-refractivity contribution in [2.75, 3.05) is 18.5 Å². The summed E-state index contributed by atoms with van der Waals surface area (Å²) in [4.78, 5) is 26.8. The number of ether oxygens (including phenoxy) is 1. The van der Waals surface area contributed by atoms with Crippen LogP contribution in [-0.4, -0.2) is 36.0 Å². The number of hydrogen-bond acceptors (Lipinski definition) is 4. The van der Waals surface area contributed by atoms with Crippen LogP contribution in [0, 0.1) is 13.8 Å². The number of aryl methyl sites for hydroxylation is 2. The van der Waals surface area contributed by atoms with Gasteiger partial charge in [0.05, 0.1) is 6.42 Å². The molecule has 2 aromatic rings. The van der Waals surface area contributed by atoms with Gasteiger partial charge in [-0.05, 0) is 42.7 Å². The highest BCUT2D eigenvalue weighted by Crippen LogP contribution is 2.18. The van der Waals surface area contributed by atoms with Gasteiger partial charge in [-0.1, -0.05) is 36.4 Å². The maximum atomic E-state index is 12.5. The first kappa shape index (κ1) is 18.1. The Bertz CT molecular complexity index is 769. The van der Waals surface area contributed by atoms with E-state index in [0.29, 0.717) is 19.7 Å². The minimum Gasteiger partial charge on any atom is -0.463 e. The molecule has 1 fully saturated rings. The number of nitrogens with zero attached hydrogens (tertiary/aromatic N) is 1. The second-order valence-electron chi connectivity index (χ2n) is 6.77. The molecule has 1 atom stereocenters. The number of carbonyl (C=O) groups is 2. The zero-order chi connectivity index (χ0) is 18.5. The fraction of sp³-hybridized carbons (Fsp3) is 0.333. The predicted molar refractivity (Wildman–Crippen MR) is 101 cm³/mol. The van der Waals surface area contributed by atoms with Crippen LogP contribution in [0.2, 0.25) is 0 Å². The third-order valence-corrected chi connectivity index (χ3v) is 4.45. The first-order valence-electron chi connectivity index (χ1n) is 8.84. The largest absolute Gasteiger partial charge is 0.463 e. The lowest BCUT2D eigenvalue weighted by Crippen LogP contribution is -2.49. The van der Waals surface area contributed by atoms with E-state index < -0.39 is 6.04 Å². The van der Waals surface area contributed by atoms with E-state index in [1.165, 1.54) is 0 Å². The normalized spacial score (nSPS) is 17.6. The van der Waals surface area contributed by atoms with Crippen molar-refractivity contribution >= 4 is 17.6 Å². The number of morpholine rings is 1. The topological polar surface area (TPSA) is 58.6 Å². The van der Waals surface area contributed by atoms with Crippen molar-refractivity contribution in [2.45, 2.75) is 32.9 Å². The zero-order valence-corrected chi connectivity index (χ0v) is 15.2. The molecule has 1 N–H and O–H groups in total. The van der Waals surface area contributed by atoms with Crippen molar-refractivity contribution in [1.29, 1.82) is 0 Å². The molecule has 0 unspecified atom stereocenters. The summed E-state index contributed by atoms with van der Waals surface area (Å²) in [5.74, 6) is -0.514. The van der Waals surface area contributed by atoms with Crippen LogP contribution in [0.25, 0.3) is 0 Å². The van der Waals surface area contributed by atoms with Gasteiger partial charge >= 0.3 is 5.97 Å². The van der Waals surface area contributed by atoms with Gasteiger partial charge in [0.2, 0.25) is 5.91 Å². The predicted octanol–water partition coefficient (Wildman–Crippen LogP) is 3.06. The molecule has 3 rings (SSSR count). The quantitative estimate of drug-likeness (QED) is 0.840. The average Bonchev–Trinajstić information content (AvgIpc) is 2.58. The van der Waals surface area contributed by atoms with Gasteiger partial charge in [-0.25, -0.2) is 0 Å². The van der Waals surface area contributed by atoms with Gasteiger partial charge in [0, 0.05) is 18.8 Å². The molecule has 26 heavy (non-hydrogen) atoms. The van der Waals surface area contributed by atoms with Crippen LogP contribution in [0.3, 0.4) is 0 Å². The fourth-order valence-electron chi connectivity index (χ4n) is 3.32. The first-order chi connectivity index (χ1) is 12.5. The third kappa shape index (κ3) is 4.70. The van der Waals surface area contributed by atoms with Crippen LogP contribution in [0.15, 0.2) is 48.5 Å². The molecule has 136 valence electrons. The fourth-order valence-corrected chi connectivity index (χ4v) is 3.32. The number of nitrogens with one attached hydrogen (secondary N) is 1. The molecule has 1 aliphatic rings. The molecule has 1 aliphatic heterocycles. The Morgan fingerprint density at radius 3 is 2.54 bits per heavy atom. The number of rotatable bonds is 5. The van der Waals surface area contributed by atoms with E-state index in [1.54, 1.807) is 0 Å². The standard InChI is InChI=1S/C21H24N2O3/c1-15-10-16(2)12-18(11-15)22-20(24)13-19-21(25)26-9-8-23(19)14-17-6-4-3-5-7-17/h3-7,10-12,19H,8-9,13-14H2,1-2H3,(H,22,24)/t19-/m1/s1. The Kier molecular flexibility index (Phi) is 5.68. The number of anilines is 1. The summed E-state index contributed by atoms with van der Waals surface area (Å²) in [6.45, 7) is 5.59. The van der Waals surface area contributed by atoms with Crippen molar-refractivity contribution in [3.05, 3.63) is 65.2 Å². The SMILES string of the molecule is Cc1cc(C)cc(NC(=O)C[C@@H]2C(=O)OCCN2Cc2ccccc2)c1. The molecule has 0 radical (unpaired) electrons. The van der Waals surface area contributed by atoms with Gasteiger partial charge in [0.1, 0.15) is 12.6 Å². The summed E-state index contributed by atoms with van der Waals surface area (Å²) in [7, 11) is 0. The second kappa shape index (κ2) is 8.15. The number of esters is 1. The lowest BCUT2D eigenvalue weighted by Gasteiger charge is -2.33. The summed E-state index contributed by atoms with van der Waals surface area (Å²) in [5.41, 5.74) is 4.04. The molecule has 1 saturated heterocycles. The van der Waals surface area contributed by atoms with E-state index in [1.807, 2.05) is 61.2 Å². The highest BCUT2D eigenvalue weighted by molar-refractivity contribution is 5.94. The van der Waals surface area contributed by atoms with Crippen LogP contribution in [0.1, 0.15) is 23.1 Å². The highest BCUT2D eigenvalue weighted by Gasteiger charge is 2.33. The summed E-state index contributed by atoms with van der Waals surface area (Å²) in [5, 5.41) is 2.90. The van der Waals surface area contributed by atoms with E-state index in [4.69, 9.17) is 4.74 Å². The molecule has 5 nitrogen and oxygen atoms in total. The molecular weight excluding hydrogens is 328 g/mol. The van der Waals surface area contributed by atoms with Crippen LogP contribution in [0.5, 0.6) is 0 Å². The van der Waals surface area contributed by atoms with Gasteiger partial charge < -0.3 is 10.1 Å². The molecule has 0 aromatic heterocycles. The summed E-state index contributed by atoms with van der Waals surface area (Å²) in [6, 6.07) is 15.3. The van der Waals surface area contributed by atoms with E-state index in [0.717, 1.165) is 22.4 Å². The van der Waals surface area contributed by atoms with Gasteiger partial charge in [-0.3, -0.25) is 14.5 Å². The third-order valence-electron chi connectivity index (χ3n) is 4.45. The summed E-state index contributed by atoms with van der Waals surface area (Å²) in [6.07, 6.45) is 0.0820. The maximum Gasteiger partial charge on any atom is 0.323 e. The smallest absolute Gasteiger partial charge is 0.323 e. The molecule has 0 aliphatic carbocycles. The molecule has 1 amide bonds. The number of carbonyl (C=O) groups excluding carboxylic acids is 2. The Balaban J connectivity index is 1.68. The van der Waals surface area contributed by atoms with Crippen molar-refractivity contribution in [2.24, 2.45) is 0 Å². The molecule has 0 saturated carbocycles. The lowest BCUT2D eigenvalue weighted by molar-refractivity contribution is -0.159. The molecule has 5 heteroatoms. The Morgan fingerprint density at radius 1 is 1.15 bits per heavy atom. The number of amides is 1. The number of benzene rings is 2. The number of cyclic esters (lactones) is 1. The molecule has 1 heterocycles. The van der Waals surface area contributed by atoms with Gasteiger partial charge in [0.25, 0.3) is 0 Å². The highest BCUT2D eigenvalue weighted by atomic mass is 16.5. The van der Waals surface area contributed by atoms with Crippen LogP contribution in [-0.2, 0) is 20.9 Å². The molecule has 0 spiro atoms. The first-order valence-corrected chi connectivity index (χ1v) is 8.84. The monoisotopic (exact) mass is 352 g/mol. The summed E-state index contributed by atoms with van der Waals surface area (Å²) >= 11 is 0. The van der Waals surface area contributed by atoms with Gasteiger partial charge in [-0.2, -0.15) is 0 Å². The van der Waals surface area contributed by atoms with Crippen molar-refractivity contribution in [1.82, 2.24) is 4.90 Å². The van der Waals surface area contributed by atoms with Gasteiger partial charge in [-0.15, -0.1) is 0 Å². The molecule has 2 aromatic carbocycles. The van der Waals surface area contributed by atoms with E-state index in [9.17, 15) is 9.59 Å². The molecular formula is C21H24N2O3. The van der Waals surface area contributed by atoms with Crippen LogP contribution >= 0.6 is 0 Å². The Hall–Kier alpha value is -2.66. The van der Waals surface area contributed by atoms with E-state index in [-0.39, 0.29) is 18.3 Å². The Morgan fingerprint density at radius 2 is 1.85 bits per heavy atom. The zero-order valence-electron chi connectivity index (χ0n) is 15.2. The van der Waals surface area contributed by atoms with Crippen molar-refractivity contribution < 1.29 is 14.3 Å². The molecule has 0 bridgehead atoms. The minimum atomic E-state index is -0.560. The minimum absolute atomic E-state index is 0.0820. The van der Waals surface area contributed by atoms with Crippen LogP contribution in [0.4, 0.5) is 5.69 Å². The van der Waals surface area contributed by atoms with Crippen molar-refractivity contribution in [3.63, 3.8) is 0 Å². The average molecular weight is 352 g/mol. The lowest BCUT2D eigenvalue weighted by atomic mass is 10.1. The number of hydrogen-bond donors (Lipinski definition) is 1. The van der Waals surface area contributed by atoms with Crippen LogP contribution < -0.4 is 5.32 Å². The van der Waals surface area contributed by atoms with Crippen molar-refractivity contribution in [3.8, 4) is 0 Å². The summed E-state index contributed by atoms with van der Waals surface area (Å²) < 4.78 is 5.19. The van der Waals surface area contributed by atoms with Gasteiger partial charge in [0.15, 0.2) is 0 Å². The van der Waals surface area contributed by atoms with E-state index >= 15 is 0 Å². The van der Waals surface area contributed by atoms with E-state index in [2.05, 4.69) is 11.4 Å². The maximum absolute atomic E-state index is 12.5. The Labute approximate surface area is 154 Å².